The molecule has 0 unspecified atom stereocenters. The third-order valence-corrected chi connectivity index (χ3v) is 4.38. The highest BCUT2D eigenvalue weighted by molar-refractivity contribution is 7.92. The fraction of sp³-hybridized carbons (Fsp3) is 0.143. The van der Waals surface area contributed by atoms with Crippen LogP contribution in [0.1, 0.15) is 0 Å². The van der Waals surface area contributed by atoms with Crippen molar-refractivity contribution in [3.8, 4) is 0 Å². The molecule has 2 aromatic rings. The first-order chi connectivity index (χ1) is 9.81. The summed E-state index contributed by atoms with van der Waals surface area (Å²) in [6, 6.07) is 10.5. The molecule has 0 fully saturated rings. The minimum Gasteiger partial charge on any atom is -0.395 e. The predicted octanol–water partition coefficient (Wildman–Crippen LogP) is 2.27. The second kappa shape index (κ2) is 5.61. The minimum absolute atomic E-state index is 0.279. The fourth-order valence-electron chi connectivity index (χ4n) is 1.79. The van der Waals surface area contributed by atoms with Crippen LogP contribution in [-0.4, -0.2) is 22.5 Å². The van der Waals surface area contributed by atoms with E-state index in [-0.39, 0.29) is 4.90 Å². The summed E-state index contributed by atoms with van der Waals surface area (Å²) in [4.78, 5) is 1.61. The maximum atomic E-state index is 13.4. The number of halogens is 1. The molecule has 0 aliphatic rings. The number of benzene rings is 2. The lowest BCUT2D eigenvalue weighted by Gasteiger charge is -2.14. The number of rotatable bonds is 4. The van der Waals surface area contributed by atoms with Crippen molar-refractivity contribution in [2.24, 2.45) is 0 Å². The molecule has 0 radical (unpaired) electrons. The molecule has 0 amide bonds. The molecular weight excluding hydrogens is 293 g/mol. The maximum Gasteiger partial charge on any atom is 0.264 e. The fourth-order valence-corrected chi connectivity index (χ4v) is 2.99. The van der Waals surface area contributed by atoms with Crippen molar-refractivity contribution in [1.82, 2.24) is 0 Å². The quantitative estimate of drug-likeness (QED) is 0.850. The van der Waals surface area contributed by atoms with Gasteiger partial charge >= 0.3 is 0 Å². The van der Waals surface area contributed by atoms with Crippen molar-refractivity contribution in [1.29, 1.82) is 0 Å². The van der Waals surface area contributed by atoms with Crippen molar-refractivity contribution in [2.75, 3.05) is 29.5 Å². The number of nitrogen functional groups attached to an aromatic ring is 1. The molecule has 0 saturated heterocycles. The van der Waals surface area contributed by atoms with Crippen molar-refractivity contribution in [2.45, 2.75) is 4.90 Å². The minimum atomic E-state index is -3.93. The molecule has 0 atom stereocenters. The number of nitrogens with zero attached hydrogens (tertiary/aromatic N) is 1. The smallest absolute Gasteiger partial charge is 0.264 e. The molecule has 2 rings (SSSR count). The Labute approximate surface area is 123 Å². The third kappa shape index (κ3) is 3.25. The van der Waals surface area contributed by atoms with Gasteiger partial charge in [0.1, 0.15) is 10.7 Å². The number of anilines is 3. The highest BCUT2D eigenvalue weighted by atomic mass is 32.2. The summed E-state index contributed by atoms with van der Waals surface area (Å²) in [5.41, 5.74) is 6.40. The van der Waals surface area contributed by atoms with Crippen LogP contribution in [0.5, 0.6) is 0 Å². The first kappa shape index (κ1) is 15.1. The lowest BCUT2D eigenvalue weighted by Crippen LogP contribution is -2.15. The predicted molar refractivity (Wildman–Crippen MR) is 82.4 cm³/mol. The summed E-state index contributed by atoms with van der Waals surface area (Å²) < 4.78 is 40.2. The molecule has 0 spiro atoms. The van der Waals surface area contributed by atoms with Gasteiger partial charge in [-0.05, 0) is 36.4 Å². The SMILES string of the molecule is CN(C)c1ccc(NS(=O)(=O)c2cccc(F)c2N)cc1. The van der Waals surface area contributed by atoms with Crippen LogP contribution in [0.3, 0.4) is 0 Å². The van der Waals surface area contributed by atoms with E-state index in [0.29, 0.717) is 5.69 Å². The molecule has 2 aromatic carbocycles. The van der Waals surface area contributed by atoms with Crippen molar-refractivity contribution in [3.63, 3.8) is 0 Å². The molecule has 0 bridgehead atoms. The van der Waals surface area contributed by atoms with Crippen LogP contribution in [-0.2, 0) is 10.0 Å². The molecule has 0 heterocycles. The molecule has 0 aliphatic carbocycles. The van der Waals surface area contributed by atoms with E-state index in [9.17, 15) is 12.8 Å². The first-order valence-corrected chi connectivity index (χ1v) is 7.64. The Morgan fingerprint density at radius 1 is 1.10 bits per heavy atom. The monoisotopic (exact) mass is 309 g/mol. The summed E-state index contributed by atoms with van der Waals surface area (Å²) in [5, 5.41) is 0. The Morgan fingerprint density at radius 2 is 1.71 bits per heavy atom. The van der Waals surface area contributed by atoms with Crippen LogP contribution in [0.4, 0.5) is 21.5 Å². The van der Waals surface area contributed by atoms with Gasteiger partial charge < -0.3 is 10.6 Å². The Morgan fingerprint density at radius 3 is 2.29 bits per heavy atom. The van der Waals surface area contributed by atoms with Gasteiger partial charge in [0.25, 0.3) is 10.0 Å². The van der Waals surface area contributed by atoms with Crippen LogP contribution in [0.2, 0.25) is 0 Å². The standard InChI is InChI=1S/C14H16FN3O2S/c1-18(2)11-8-6-10(7-9-11)17-21(19,20)13-5-3-4-12(15)14(13)16/h3-9,17H,16H2,1-2H3. The van der Waals surface area contributed by atoms with Crippen molar-refractivity contribution < 1.29 is 12.8 Å². The van der Waals surface area contributed by atoms with Gasteiger partial charge in [0.15, 0.2) is 0 Å². The number of para-hydroxylation sites is 1. The molecule has 0 saturated carbocycles. The average molecular weight is 309 g/mol. The zero-order valence-electron chi connectivity index (χ0n) is 11.7. The van der Waals surface area contributed by atoms with Crippen LogP contribution in [0.15, 0.2) is 47.4 Å². The Kier molecular flexibility index (Phi) is 4.04. The Hall–Kier alpha value is -2.28. The van der Waals surface area contributed by atoms with Crippen LogP contribution in [0.25, 0.3) is 0 Å². The summed E-state index contributed by atoms with van der Waals surface area (Å²) in [6.07, 6.45) is 0. The van der Waals surface area contributed by atoms with E-state index in [2.05, 4.69) is 4.72 Å². The van der Waals surface area contributed by atoms with Crippen LogP contribution >= 0.6 is 0 Å². The molecule has 3 N–H and O–H groups in total. The third-order valence-electron chi connectivity index (χ3n) is 2.94. The van der Waals surface area contributed by atoms with E-state index in [1.807, 2.05) is 19.0 Å². The molecular formula is C14H16FN3O2S. The van der Waals surface area contributed by atoms with E-state index in [1.165, 1.54) is 12.1 Å². The van der Waals surface area contributed by atoms with Crippen LogP contribution in [0, 0.1) is 5.82 Å². The van der Waals surface area contributed by atoms with Crippen LogP contribution < -0.4 is 15.4 Å². The van der Waals surface area contributed by atoms with Gasteiger partial charge in [-0.25, -0.2) is 12.8 Å². The average Bonchev–Trinajstić information content (AvgIpc) is 2.41. The number of hydrogen-bond acceptors (Lipinski definition) is 4. The first-order valence-electron chi connectivity index (χ1n) is 6.15. The highest BCUT2D eigenvalue weighted by Crippen LogP contribution is 2.24. The normalized spacial score (nSPS) is 11.2. The van der Waals surface area contributed by atoms with Gasteiger partial charge in [0, 0.05) is 25.5 Å². The van der Waals surface area contributed by atoms with E-state index >= 15 is 0 Å². The lowest BCUT2D eigenvalue weighted by molar-refractivity contribution is 0.597. The summed E-state index contributed by atoms with van der Waals surface area (Å²) in [6.45, 7) is 0. The Balaban J connectivity index is 2.31. The van der Waals surface area contributed by atoms with E-state index in [0.717, 1.165) is 11.8 Å². The lowest BCUT2D eigenvalue weighted by atomic mass is 10.3. The molecule has 0 aliphatic heterocycles. The number of nitrogens with two attached hydrogens (primary N) is 1. The van der Waals surface area contributed by atoms with Gasteiger partial charge in [-0.3, -0.25) is 4.72 Å². The van der Waals surface area contributed by atoms with Gasteiger partial charge in [0.05, 0.1) is 5.69 Å². The van der Waals surface area contributed by atoms with Gasteiger partial charge in [-0.1, -0.05) is 6.07 Å². The van der Waals surface area contributed by atoms with Gasteiger partial charge in [-0.15, -0.1) is 0 Å². The Bertz CT molecular complexity index is 743. The molecule has 21 heavy (non-hydrogen) atoms. The zero-order chi connectivity index (χ0) is 15.6. The topological polar surface area (TPSA) is 75.4 Å². The summed E-state index contributed by atoms with van der Waals surface area (Å²) >= 11 is 0. The van der Waals surface area contributed by atoms with E-state index in [1.54, 1.807) is 24.3 Å². The number of hydrogen-bond donors (Lipinski definition) is 2. The molecule has 0 aromatic heterocycles. The number of sulfonamides is 1. The van der Waals surface area contributed by atoms with Gasteiger partial charge in [-0.2, -0.15) is 0 Å². The molecule has 5 nitrogen and oxygen atoms in total. The molecule has 112 valence electrons. The van der Waals surface area contributed by atoms with Crippen molar-refractivity contribution >= 4 is 27.1 Å². The van der Waals surface area contributed by atoms with Gasteiger partial charge in [0.2, 0.25) is 0 Å². The number of nitrogens with one attached hydrogen (secondary N) is 1. The second-order valence-electron chi connectivity index (χ2n) is 4.70. The highest BCUT2D eigenvalue weighted by Gasteiger charge is 2.19. The summed E-state index contributed by atoms with van der Waals surface area (Å²) in [5.74, 6) is -0.763. The molecule has 7 heteroatoms. The second-order valence-corrected chi connectivity index (χ2v) is 6.35. The zero-order valence-corrected chi connectivity index (χ0v) is 12.5. The largest absolute Gasteiger partial charge is 0.395 e. The maximum absolute atomic E-state index is 13.4. The van der Waals surface area contributed by atoms with E-state index < -0.39 is 21.5 Å². The van der Waals surface area contributed by atoms with Crippen molar-refractivity contribution in [3.05, 3.63) is 48.3 Å². The summed E-state index contributed by atoms with van der Waals surface area (Å²) in [7, 11) is -0.165. The van der Waals surface area contributed by atoms with E-state index in [4.69, 9.17) is 5.73 Å².